The first-order chi connectivity index (χ1) is 17.8. The molecular weight excluding hydrogens is 496 g/mol. The second-order valence-electron chi connectivity index (χ2n) is 9.82. The lowest BCUT2D eigenvalue weighted by molar-refractivity contribution is -0.151. The highest BCUT2D eigenvalue weighted by molar-refractivity contribution is 7.89. The lowest BCUT2D eigenvalue weighted by atomic mass is 9.90. The Morgan fingerprint density at radius 3 is 2.46 bits per heavy atom. The molecule has 2 aliphatic heterocycles. The fourth-order valence-corrected chi connectivity index (χ4v) is 6.45. The number of hydrogen-bond donors (Lipinski definition) is 1. The number of likely N-dealkylation sites (N-methyl/N-ethyl adjacent to an activating group) is 1. The SMILES string of the molecule is COc1ccc(S(=O)(=O)N(C[C@@H](O)[C@@H](CC(=O)OC2CCOC2)Cc2ccccc2)C2CN(C)C2)cc1. The quantitative estimate of drug-likeness (QED) is 0.414. The summed E-state index contributed by atoms with van der Waals surface area (Å²) in [7, 11) is -0.455. The van der Waals surface area contributed by atoms with Crippen molar-refractivity contribution >= 4 is 16.0 Å². The molecule has 2 aromatic rings. The van der Waals surface area contributed by atoms with Crippen LogP contribution in [-0.2, 0) is 30.7 Å². The number of aliphatic hydroxyl groups excluding tert-OH is 1. The van der Waals surface area contributed by atoms with E-state index in [9.17, 15) is 18.3 Å². The van der Waals surface area contributed by atoms with Gasteiger partial charge in [0.1, 0.15) is 11.9 Å². The second kappa shape index (κ2) is 12.4. The second-order valence-corrected chi connectivity index (χ2v) is 11.7. The lowest BCUT2D eigenvalue weighted by Crippen LogP contribution is -2.60. The number of hydrogen-bond acceptors (Lipinski definition) is 8. The molecule has 0 amide bonds. The monoisotopic (exact) mass is 532 g/mol. The Bertz CT molecular complexity index is 1120. The van der Waals surface area contributed by atoms with Gasteiger partial charge in [-0.25, -0.2) is 8.42 Å². The molecule has 37 heavy (non-hydrogen) atoms. The van der Waals surface area contributed by atoms with Crippen LogP contribution in [0.15, 0.2) is 59.5 Å². The molecule has 2 aliphatic rings. The summed E-state index contributed by atoms with van der Waals surface area (Å²) in [6.07, 6.45) is -0.306. The molecule has 4 rings (SSSR count). The van der Waals surface area contributed by atoms with Crippen LogP contribution in [0.3, 0.4) is 0 Å². The molecule has 2 fully saturated rings. The number of ether oxygens (including phenoxy) is 3. The smallest absolute Gasteiger partial charge is 0.306 e. The Kier molecular flexibility index (Phi) is 9.20. The molecule has 2 saturated heterocycles. The number of aliphatic hydroxyl groups is 1. The van der Waals surface area contributed by atoms with Crippen LogP contribution < -0.4 is 4.74 Å². The highest BCUT2D eigenvalue weighted by atomic mass is 32.2. The minimum Gasteiger partial charge on any atom is -0.497 e. The molecule has 0 radical (unpaired) electrons. The van der Waals surface area contributed by atoms with E-state index in [1.807, 2.05) is 42.3 Å². The first-order valence-corrected chi connectivity index (χ1v) is 14.0. The van der Waals surface area contributed by atoms with Crippen molar-refractivity contribution in [2.45, 2.75) is 42.4 Å². The number of carbonyl (C=O) groups is 1. The molecule has 1 unspecified atom stereocenters. The van der Waals surface area contributed by atoms with Crippen LogP contribution in [0, 0.1) is 5.92 Å². The number of rotatable bonds is 12. The summed E-state index contributed by atoms with van der Waals surface area (Å²) in [5.41, 5.74) is 0.955. The molecule has 0 bridgehead atoms. The highest BCUT2D eigenvalue weighted by Gasteiger charge is 2.40. The zero-order valence-corrected chi connectivity index (χ0v) is 22.2. The number of sulfonamides is 1. The number of esters is 1. The molecule has 9 nitrogen and oxygen atoms in total. The average Bonchev–Trinajstić information content (AvgIpc) is 3.38. The predicted octanol–water partition coefficient (Wildman–Crippen LogP) is 1.94. The summed E-state index contributed by atoms with van der Waals surface area (Å²) in [6, 6.07) is 15.5. The molecule has 3 atom stereocenters. The van der Waals surface area contributed by atoms with E-state index in [4.69, 9.17) is 14.2 Å². The number of carbonyl (C=O) groups excluding carboxylic acids is 1. The maximum absolute atomic E-state index is 13.7. The zero-order chi connectivity index (χ0) is 26.4. The summed E-state index contributed by atoms with van der Waals surface area (Å²) in [5, 5.41) is 11.4. The van der Waals surface area contributed by atoms with Gasteiger partial charge in [0, 0.05) is 32.0 Å². The first kappa shape index (κ1) is 27.5. The van der Waals surface area contributed by atoms with Gasteiger partial charge in [-0.15, -0.1) is 0 Å². The van der Waals surface area contributed by atoms with Crippen molar-refractivity contribution in [3.63, 3.8) is 0 Å². The van der Waals surface area contributed by atoms with Crippen LogP contribution in [-0.4, -0.2) is 94.0 Å². The van der Waals surface area contributed by atoms with Gasteiger partial charge in [0.15, 0.2) is 0 Å². The number of methoxy groups -OCH3 is 1. The van der Waals surface area contributed by atoms with E-state index in [-0.39, 0.29) is 30.0 Å². The van der Waals surface area contributed by atoms with E-state index in [0.29, 0.717) is 44.9 Å². The first-order valence-electron chi connectivity index (χ1n) is 12.6. The van der Waals surface area contributed by atoms with Crippen LogP contribution in [0.5, 0.6) is 5.75 Å². The Morgan fingerprint density at radius 1 is 1.16 bits per heavy atom. The summed E-state index contributed by atoms with van der Waals surface area (Å²) in [4.78, 5) is 14.9. The van der Waals surface area contributed by atoms with Crippen molar-refractivity contribution < 1.29 is 32.5 Å². The van der Waals surface area contributed by atoms with Crippen molar-refractivity contribution in [1.29, 1.82) is 0 Å². The minimum absolute atomic E-state index is 0.0203. The third kappa shape index (κ3) is 7.08. The van der Waals surface area contributed by atoms with Gasteiger partial charge in [0.2, 0.25) is 10.0 Å². The van der Waals surface area contributed by atoms with Crippen molar-refractivity contribution in [2.75, 3.05) is 47.0 Å². The molecule has 0 spiro atoms. The number of nitrogens with zero attached hydrogens (tertiary/aromatic N) is 2. The van der Waals surface area contributed by atoms with Crippen molar-refractivity contribution in [2.24, 2.45) is 5.92 Å². The number of likely N-dealkylation sites (tertiary alicyclic amines) is 1. The normalized spacial score (nSPS) is 20.4. The molecule has 10 heteroatoms. The average molecular weight is 533 g/mol. The summed E-state index contributed by atoms with van der Waals surface area (Å²) in [6.45, 7) is 1.94. The third-order valence-corrected chi connectivity index (χ3v) is 8.92. The van der Waals surface area contributed by atoms with Crippen LogP contribution >= 0.6 is 0 Å². The Balaban J connectivity index is 1.54. The number of benzene rings is 2. The standard InChI is InChI=1S/C27H36N2O7S/c1-28-16-22(17-28)29(37(32,33)25-10-8-23(34-2)9-11-25)18-26(30)21(14-20-6-4-3-5-7-20)15-27(31)36-24-12-13-35-19-24/h3-11,21-22,24,26,30H,12-19H2,1-2H3/t21-,24?,26-/m1/s1. The van der Waals surface area contributed by atoms with Crippen LogP contribution in [0.1, 0.15) is 18.4 Å². The summed E-state index contributed by atoms with van der Waals surface area (Å²) in [5.74, 6) is -0.380. The van der Waals surface area contributed by atoms with E-state index in [0.717, 1.165) is 5.56 Å². The van der Waals surface area contributed by atoms with Gasteiger partial charge < -0.3 is 24.2 Å². The maximum Gasteiger partial charge on any atom is 0.306 e. The zero-order valence-electron chi connectivity index (χ0n) is 21.4. The summed E-state index contributed by atoms with van der Waals surface area (Å²) >= 11 is 0. The maximum atomic E-state index is 13.7. The molecule has 2 heterocycles. The fraction of sp³-hybridized carbons (Fsp3) is 0.519. The largest absolute Gasteiger partial charge is 0.497 e. The minimum atomic E-state index is -3.90. The van der Waals surface area contributed by atoms with Crippen LogP contribution in [0.4, 0.5) is 0 Å². The van der Waals surface area contributed by atoms with Crippen LogP contribution in [0.2, 0.25) is 0 Å². The Labute approximate surface area is 219 Å². The highest BCUT2D eigenvalue weighted by Crippen LogP contribution is 2.27. The third-order valence-electron chi connectivity index (χ3n) is 6.98. The lowest BCUT2D eigenvalue weighted by Gasteiger charge is -2.43. The van der Waals surface area contributed by atoms with Crippen LogP contribution in [0.25, 0.3) is 0 Å². The summed E-state index contributed by atoms with van der Waals surface area (Å²) < 4.78 is 44.8. The van der Waals surface area contributed by atoms with Gasteiger partial charge >= 0.3 is 5.97 Å². The van der Waals surface area contributed by atoms with E-state index >= 15 is 0 Å². The van der Waals surface area contributed by atoms with Gasteiger partial charge in [-0.3, -0.25) is 4.79 Å². The van der Waals surface area contributed by atoms with Gasteiger partial charge in [-0.1, -0.05) is 30.3 Å². The molecule has 0 saturated carbocycles. The Morgan fingerprint density at radius 2 is 1.86 bits per heavy atom. The van der Waals surface area contributed by atoms with E-state index in [1.165, 1.54) is 23.5 Å². The molecular formula is C27H36N2O7S. The molecule has 202 valence electrons. The predicted molar refractivity (Wildman–Crippen MR) is 138 cm³/mol. The van der Waals surface area contributed by atoms with Crippen molar-refractivity contribution in [3.8, 4) is 5.75 Å². The van der Waals surface area contributed by atoms with Crippen molar-refractivity contribution in [1.82, 2.24) is 9.21 Å². The fourth-order valence-electron chi connectivity index (χ4n) is 4.82. The van der Waals surface area contributed by atoms with E-state index < -0.39 is 28.0 Å². The topological polar surface area (TPSA) is 106 Å². The molecule has 2 aromatic carbocycles. The van der Waals surface area contributed by atoms with Gasteiger partial charge in [-0.05, 0) is 43.3 Å². The Hall–Kier alpha value is -2.50. The van der Waals surface area contributed by atoms with Gasteiger partial charge in [0.25, 0.3) is 0 Å². The van der Waals surface area contributed by atoms with Gasteiger partial charge in [0.05, 0.1) is 43.8 Å². The van der Waals surface area contributed by atoms with E-state index in [2.05, 4.69) is 0 Å². The molecule has 1 N–H and O–H groups in total. The molecule has 0 aromatic heterocycles. The van der Waals surface area contributed by atoms with Crippen molar-refractivity contribution in [3.05, 3.63) is 60.2 Å². The van der Waals surface area contributed by atoms with E-state index in [1.54, 1.807) is 12.1 Å². The van der Waals surface area contributed by atoms with Gasteiger partial charge in [-0.2, -0.15) is 4.31 Å². The molecule has 0 aliphatic carbocycles.